The molecule has 12 heavy (non-hydrogen) atoms. The number of aryl methyl sites for hydroxylation is 1. The molecule has 0 amide bonds. The molecule has 0 bridgehead atoms. The molecule has 1 N–H and O–H groups in total. The van der Waals surface area contributed by atoms with Crippen molar-refractivity contribution < 1.29 is 4.79 Å². The topological polar surface area (TPSA) is 32.9 Å². The predicted octanol–water partition coefficient (Wildman–Crippen LogP) is 2.91. The lowest BCUT2D eigenvalue weighted by molar-refractivity contribution is 0.112. The highest BCUT2D eigenvalue weighted by Gasteiger charge is 2.14. The van der Waals surface area contributed by atoms with Gasteiger partial charge in [-0.1, -0.05) is 25.4 Å². The van der Waals surface area contributed by atoms with Crippen LogP contribution in [0.15, 0.2) is 0 Å². The molecule has 0 aromatic carbocycles. The number of hydrogen-bond acceptors (Lipinski definition) is 1. The van der Waals surface area contributed by atoms with Gasteiger partial charge in [0.25, 0.3) is 0 Å². The van der Waals surface area contributed by atoms with E-state index in [1.54, 1.807) is 0 Å². The Bertz CT molecular complexity index is 302. The summed E-state index contributed by atoms with van der Waals surface area (Å²) >= 11 is 5.96. The van der Waals surface area contributed by atoms with Crippen molar-refractivity contribution in [2.75, 3.05) is 0 Å². The van der Waals surface area contributed by atoms with Crippen molar-refractivity contribution in [1.29, 1.82) is 0 Å². The summed E-state index contributed by atoms with van der Waals surface area (Å²) < 4.78 is 0. The van der Waals surface area contributed by atoms with Gasteiger partial charge in [0.05, 0.1) is 10.6 Å². The van der Waals surface area contributed by atoms with Crippen LogP contribution in [-0.2, 0) is 0 Å². The maximum absolute atomic E-state index is 10.6. The number of carbonyl (C=O) groups excluding carboxylic acids is 1. The molecule has 1 aromatic heterocycles. The summed E-state index contributed by atoms with van der Waals surface area (Å²) in [7, 11) is 0. The Morgan fingerprint density at radius 1 is 1.50 bits per heavy atom. The summed E-state index contributed by atoms with van der Waals surface area (Å²) in [4.78, 5) is 13.7. The average Bonchev–Trinajstić information content (AvgIpc) is 2.27. The number of rotatable bonds is 2. The van der Waals surface area contributed by atoms with Crippen molar-refractivity contribution in [3.05, 3.63) is 22.0 Å². The number of halogens is 1. The number of aromatic amines is 1. The van der Waals surface area contributed by atoms with E-state index >= 15 is 0 Å². The third kappa shape index (κ3) is 1.39. The van der Waals surface area contributed by atoms with E-state index in [1.165, 1.54) is 0 Å². The molecule has 0 atom stereocenters. The van der Waals surface area contributed by atoms with Gasteiger partial charge in [0.15, 0.2) is 6.29 Å². The van der Waals surface area contributed by atoms with Gasteiger partial charge in [0.1, 0.15) is 0 Å². The quantitative estimate of drug-likeness (QED) is 0.707. The Kier molecular flexibility index (Phi) is 2.58. The Morgan fingerprint density at radius 2 is 2.08 bits per heavy atom. The summed E-state index contributed by atoms with van der Waals surface area (Å²) in [6, 6.07) is 0. The van der Waals surface area contributed by atoms with Gasteiger partial charge in [-0.05, 0) is 12.8 Å². The van der Waals surface area contributed by atoms with Crippen LogP contribution >= 0.6 is 11.6 Å². The molecule has 0 saturated heterocycles. The van der Waals surface area contributed by atoms with Crippen LogP contribution in [0.5, 0.6) is 0 Å². The van der Waals surface area contributed by atoms with E-state index in [4.69, 9.17) is 11.6 Å². The smallest absolute Gasteiger partial charge is 0.153 e. The van der Waals surface area contributed by atoms with Crippen LogP contribution in [0.1, 0.15) is 41.5 Å². The molecule has 3 heteroatoms. The molecule has 0 saturated carbocycles. The molecule has 0 spiro atoms. The van der Waals surface area contributed by atoms with E-state index in [1.807, 2.05) is 20.8 Å². The Hall–Kier alpha value is -0.760. The molecule has 1 aromatic rings. The average molecular weight is 186 g/mol. The van der Waals surface area contributed by atoms with Crippen LogP contribution in [0.4, 0.5) is 0 Å². The van der Waals surface area contributed by atoms with Crippen LogP contribution in [-0.4, -0.2) is 11.3 Å². The van der Waals surface area contributed by atoms with Crippen LogP contribution in [0.2, 0.25) is 5.02 Å². The minimum atomic E-state index is 0.324. The second kappa shape index (κ2) is 3.31. The van der Waals surface area contributed by atoms with Gasteiger partial charge in [0, 0.05) is 11.4 Å². The monoisotopic (exact) mass is 185 g/mol. The minimum Gasteiger partial charge on any atom is -0.360 e. The first-order valence-corrected chi connectivity index (χ1v) is 4.28. The fourth-order valence-corrected chi connectivity index (χ4v) is 1.62. The van der Waals surface area contributed by atoms with Crippen molar-refractivity contribution in [3.8, 4) is 0 Å². The first kappa shape index (κ1) is 9.33. The van der Waals surface area contributed by atoms with Crippen molar-refractivity contribution in [2.24, 2.45) is 0 Å². The second-order valence-electron chi connectivity index (χ2n) is 3.16. The third-order valence-electron chi connectivity index (χ3n) is 1.89. The Labute approximate surface area is 76.9 Å². The van der Waals surface area contributed by atoms with Gasteiger partial charge in [-0.25, -0.2) is 0 Å². The molecule has 1 rings (SSSR count). The van der Waals surface area contributed by atoms with Gasteiger partial charge in [0.2, 0.25) is 0 Å². The number of nitrogens with one attached hydrogen (secondary N) is 1. The van der Waals surface area contributed by atoms with E-state index in [-0.39, 0.29) is 0 Å². The summed E-state index contributed by atoms with van der Waals surface area (Å²) in [5, 5.41) is 0.567. The fourth-order valence-electron chi connectivity index (χ4n) is 1.17. The number of aldehydes is 1. The normalized spacial score (nSPS) is 10.8. The molecule has 0 fully saturated rings. The first-order chi connectivity index (χ1) is 5.57. The molecule has 1 heterocycles. The standard InChI is InChI=1S/C9H12ClNO/c1-5(2)9-8(10)7(4-12)6(3)11-9/h4-5,11H,1-3H3. The SMILES string of the molecule is Cc1[nH]c(C(C)C)c(Cl)c1C=O. The summed E-state index contributed by atoms with van der Waals surface area (Å²) in [6.45, 7) is 5.92. The number of H-pyrrole nitrogens is 1. The Balaban J connectivity index is 3.26. The maximum atomic E-state index is 10.6. The molecule has 0 aliphatic heterocycles. The zero-order chi connectivity index (χ0) is 9.30. The highest BCUT2D eigenvalue weighted by molar-refractivity contribution is 6.33. The molecule has 66 valence electrons. The van der Waals surface area contributed by atoms with Gasteiger partial charge in [-0.2, -0.15) is 0 Å². The van der Waals surface area contributed by atoms with Crippen molar-refractivity contribution in [1.82, 2.24) is 4.98 Å². The first-order valence-electron chi connectivity index (χ1n) is 3.91. The van der Waals surface area contributed by atoms with E-state index in [0.717, 1.165) is 17.7 Å². The van der Waals surface area contributed by atoms with Gasteiger partial charge >= 0.3 is 0 Å². The van der Waals surface area contributed by atoms with Crippen LogP contribution in [0.25, 0.3) is 0 Å². The van der Waals surface area contributed by atoms with Gasteiger partial charge in [-0.3, -0.25) is 4.79 Å². The van der Waals surface area contributed by atoms with Crippen molar-refractivity contribution in [2.45, 2.75) is 26.7 Å². The summed E-state index contributed by atoms with van der Waals surface area (Å²) in [5.41, 5.74) is 2.37. The lowest BCUT2D eigenvalue weighted by Gasteiger charge is -2.00. The third-order valence-corrected chi connectivity index (χ3v) is 2.30. The van der Waals surface area contributed by atoms with Crippen LogP contribution < -0.4 is 0 Å². The molecule has 0 unspecified atom stereocenters. The molecule has 2 nitrogen and oxygen atoms in total. The minimum absolute atomic E-state index is 0.324. The molecular formula is C9H12ClNO. The highest BCUT2D eigenvalue weighted by Crippen LogP contribution is 2.28. The zero-order valence-corrected chi connectivity index (χ0v) is 8.20. The van der Waals surface area contributed by atoms with Crippen molar-refractivity contribution in [3.63, 3.8) is 0 Å². The summed E-state index contributed by atoms with van der Waals surface area (Å²) in [5.74, 6) is 0.324. The highest BCUT2D eigenvalue weighted by atomic mass is 35.5. The predicted molar refractivity (Wildman–Crippen MR) is 50.0 cm³/mol. The van der Waals surface area contributed by atoms with E-state index in [9.17, 15) is 4.79 Å². The zero-order valence-electron chi connectivity index (χ0n) is 7.44. The van der Waals surface area contributed by atoms with Gasteiger partial charge < -0.3 is 4.98 Å². The van der Waals surface area contributed by atoms with E-state index in [2.05, 4.69) is 4.98 Å². The second-order valence-corrected chi connectivity index (χ2v) is 3.54. The van der Waals surface area contributed by atoms with Crippen LogP contribution in [0.3, 0.4) is 0 Å². The Morgan fingerprint density at radius 3 is 2.33 bits per heavy atom. The van der Waals surface area contributed by atoms with Crippen molar-refractivity contribution >= 4 is 17.9 Å². The summed E-state index contributed by atoms with van der Waals surface area (Å²) in [6.07, 6.45) is 0.792. The lowest BCUT2D eigenvalue weighted by atomic mass is 10.1. The molecular weight excluding hydrogens is 174 g/mol. The number of aromatic nitrogens is 1. The maximum Gasteiger partial charge on any atom is 0.153 e. The number of hydrogen-bond donors (Lipinski definition) is 1. The molecule has 0 aliphatic carbocycles. The van der Waals surface area contributed by atoms with E-state index in [0.29, 0.717) is 16.5 Å². The lowest BCUT2D eigenvalue weighted by Crippen LogP contribution is -1.87. The molecule has 0 radical (unpaired) electrons. The van der Waals surface area contributed by atoms with Crippen LogP contribution in [0, 0.1) is 6.92 Å². The van der Waals surface area contributed by atoms with Gasteiger partial charge in [-0.15, -0.1) is 0 Å². The molecule has 0 aliphatic rings. The largest absolute Gasteiger partial charge is 0.360 e. The number of carbonyl (C=O) groups is 1. The fraction of sp³-hybridized carbons (Fsp3) is 0.444. The van der Waals surface area contributed by atoms with E-state index < -0.39 is 0 Å².